The molecule has 1 atom stereocenters. The van der Waals surface area contributed by atoms with Gasteiger partial charge < -0.3 is 25.4 Å². The number of carbonyl (C=O) groups excluding carboxylic acids is 3. The molecule has 0 radical (unpaired) electrons. The van der Waals surface area contributed by atoms with E-state index in [-0.39, 0.29) is 13.0 Å². The first-order chi connectivity index (χ1) is 23.2. The van der Waals surface area contributed by atoms with Crippen molar-refractivity contribution in [3.63, 3.8) is 0 Å². The first kappa shape index (κ1) is 46.2. The van der Waals surface area contributed by atoms with Gasteiger partial charge in [-0.2, -0.15) is 8.42 Å². The van der Waals surface area contributed by atoms with Crippen molar-refractivity contribution in [2.24, 2.45) is 0 Å². The predicted octanol–water partition coefficient (Wildman–Crippen LogP) is 6.64. The molecule has 0 aliphatic heterocycles. The summed E-state index contributed by atoms with van der Waals surface area (Å²) in [5.74, 6) is -3.33. The highest BCUT2D eigenvalue weighted by Gasteiger charge is 2.25. The Morgan fingerprint density at radius 2 is 0.917 bits per heavy atom. The number of ether oxygens (including phenoxy) is 2. The highest BCUT2D eigenvalue weighted by molar-refractivity contribution is 7.86. The van der Waals surface area contributed by atoms with Crippen LogP contribution in [-0.2, 0) is 34.0 Å². The van der Waals surface area contributed by atoms with E-state index in [9.17, 15) is 22.8 Å². The molecule has 0 saturated heterocycles. The lowest BCUT2D eigenvalue weighted by Crippen LogP contribution is -2.50. The van der Waals surface area contributed by atoms with Gasteiger partial charge in [-0.05, 0) is 25.7 Å². The molecule has 0 rings (SSSR count). The molecule has 0 aromatic carbocycles. The van der Waals surface area contributed by atoms with E-state index < -0.39 is 39.6 Å². The summed E-state index contributed by atoms with van der Waals surface area (Å²) in [6.07, 6.45) is 26.0. The molecule has 0 aromatic heterocycles. The van der Waals surface area contributed by atoms with Crippen molar-refractivity contribution in [2.75, 3.05) is 45.3 Å². The van der Waals surface area contributed by atoms with Crippen LogP contribution in [0, 0.1) is 0 Å². The van der Waals surface area contributed by atoms with Gasteiger partial charge in [0, 0.05) is 39.5 Å². The van der Waals surface area contributed by atoms with Gasteiger partial charge in [0.1, 0.15) is 6.04 Å². The first-order valence-corrected chi connectivity index (χ1v) is 20.7. The standard InChI is InChI=1S/C36H71N3O8S/c1-3-5-7-9-11-13-15-17-19-21-27-46-29-23-25-37-34(40)31-33(39-35(41)32-48(43,44)45)36(42)38-26-24-30-47-28-22-20-18-16-14-12-10-8-6-4-2/h33H,3-32H2,1-2H3,(H,37,40)(H,38,42)(H,39,41)(H,43,44,45). The zero-order valence-corrected chi connectivity index (χ0v) is 31.3. The van der Waals surface area contributed by atoms with Crippen molar-refractivity contribution in [2.45, 2.75) is 168 Å². The Balaban J connectivity index is 4.11. The van der Waals surface area contributed by atoms with Crippen molar-refractivity contribution in [3.05, 3.63) is 0 Å². The molecule has 0 fully saturated rings. The second-order valence-corrected chi connectivity index (χ2v) is 14.4. The molecule has 0 bridgehead atoms. The minimum absolute atomic E-state index is 0.277. The van der Waals surface area contributed by atoms with Crippen molar-refractivity contribution in [1.82, 2.24) is 16.0 Å². The molecule has 0 aliphatic rings. The van der Waals surface area contributed by atoms with E-state index >= 15 is 0 Å². The van der Waals surface area contributed by atoms with Crippen LogP contribution in [0.15, 0.2) is 0 Å². The van der Waals surface area contributed by atoms with Crippen molar-refractivity contribution >= 4 is 27.8 Å². The van der Waals surface area contributed by atoms with Gasteiger partial charge in [0.15, 0.2) is 5.75 Å². The third-order valence-electron chi connectivity index (χ3n) is 8.19. The van der Waals surface area contributed by atoms with Gasteiger partial charge in [0.05, 0.1) is 6.42 Å². The van der Waals surface area contributed by atoms with Gasteiger partial charge in [-0.15, -0.1) is 0 Å². The molecule has 1 unspecified atom stereocenters. The number of hydrogen-bond acceptors (Lipinski definition) is 7. The third kappa shape index (κ3) is 34.1. The average Bonchev–Trinajstić information content (AvgIpc) is 3.03. The second kappa shape index (κ2) is 33.7. The Bertz CT molecular complexity index is 888. The zero-order chi connectivity index (χ0) is 35.6. The molecule has 0 spiro atoms. The molecule has 11 nitrogen and oxygen atoms in total. The quantitative estimate of drug-likeness (QED) is 0.0417. The maximum Gasteiger partial charge on any atom is 0.274 e. The molecule has 284 valence electrons. The smallest absolute Gasteiger partial charge is 0.274 e. The number of unbranched alkanes of at least 4 members (excludes halogenated alkanes) is 18. The molecule has 12 heteroatoms. The Morgan fingerprint density at radius 1 is 0.542 bits per heavy atom. The zero-order valence-electron chi connectivity index (χ0n) is 30.5. The van der Waals surface area contributed by atoms with Gasteiger partial charge in [-0.25, -0.2) is 0 Å². The highest BCUT2D eigenvalue weighted by Crippen LogP contribution is 2.11. The Kier molecular flexibility index (Phi) is 32.5. The van der Waals surface area contributed by atoms with Crippen LogP contribution in [0.1, 0.15) is 162 Å². The monoisotopic (exact) mass is 705 g/mol. The van der Waals surface area contributed by atoms with E-state index in [0.29, 0.717) is 45.8 Å². The molecule has 0 saturated carbocycles. The minimum Gasteiger partial charge on any atom is -0.381 e. The summed E-state index contributed by atoms with van der Waals surface area (Å²) in [5, 5.41) is 7.65. The molecular weight excluding hydrogens is 634 g/mol. The molecule has 0 heterocycles. The van der Waals surface area contributed by atoms with Gasteiger partial charge in [-0.1, -0.05) is 129 Å². The van der Waals surface area contributed by atoms with Crippen LogP contribution >= 0.6 is 0 Å². The number of nitrogens with one attached hydrogen (secondary N) is 3. The molecule has 0 aromatic rings. The Labute approximate surface area is 293 Å². The van der Waals surface area contributed by atoms with E-state index in [4.69, 9.17) is 14.0 Å². The number of carbonyl (C=O) groups is 3. The maximum atomic E-state index is 12.7. The van der Waals surface area contributed by atoms with E-state index in [1.165, 1.54) is 103 Å². The Morgan fingerprint density at radius 3 is 1.33 bits per heavy atom. The Hall–Kier alpha value is -1.76. The van der Waals surface area contributed by atoms with Crippen LogP contribution in [0.4, 0.5) is 0 Å². The molecular formula is C36H71N3O8S. The summed E-state index contributed by atoms with van der Waals surface area (Å²) in [4.78, 5) is 37.3. The highest BCUT2D eigenvalue weighted by atomic mass is 32.2. The number of hydrogen-bond donors (Lipinski definition) is 4. The largest absolute Gasteiger partial charge is 0.381 e. The number of rotatable bonds is 36. The third-order valence-corrected chi connectivity index (χ3v) is 8.82. The summed E-state index contributed by atoms with van der Waals surface area (Å²) in [6, 6.07) is -1.28. The lowest BCUT2D eigenvalue weighted by Gasteiger charge is -2.18. The minimum atomic E-state index is -4.58. The fourth-order valence-corrected chi connectivity index (χ4v) is 5.78. The van der Waals surface area contributed by atoms with Crippen molar-refractivity contribution < 1.29 is 36.8 Å². The summed E-state index contributed by atoms with van der Waals surface area (Å²) < 4.78 is 42.5. The second-order valence-electron chi connectivity index (χ2n) is 13.0. The SMILES string of the molecule is CCCCCCCCCCCCOCCCNC(=O)CC(NC(=O)CS(=O)(=O)O)C(=O)NCCCOCCCCCCCCCCCC. The number of amides is 3. The van der Waals surface area contributed by atoms with Gasteiger partial charge in [-0.3, -0.25) is 18.9 Å². The summed E-state index contributed by atoms with van der Waals surface area (Å²) in [6.45, 7) is 7.43. The summed E-state index contributed by atoms with van der Waals surface area (Å²) in [7, 11) is -4.58. The van der Waals surface area contributed by atoms with Crippen LogP contribution in [-0.4, -0.2) is 82.0 Å². The van der Waals surface area contributed by atoms with Gasteiger partial charge in [0.25, 0.3) is 10.1 Å². The van der Waals surface area contributed by atoms with E-state index in [1.807, 2.05) is 0 Å². The normalized spacial score (nSPS) is 12.1. The van der Waals surface area contributed by atoms with Gasteiger partial charge in [0.2, 0.25) is 17.7 Å². The van der Waals surface area contributed by atoms with Crippen LogP contribution in [0.25, 0.3) is 0 Å². The van der Waals surface area contributed by atoms with Crippen LogP contribution in [0.3, 0.4) is 0 Å². The molecule has 3 amide bonds. The van der Waals surface area contributed by atoms with Crippen LogP contribution in [0.5, 0.6) is 0 Å². The van der Waals surface area contributed by atoms with E-state index in [2.05, 4.69) is 29.8 Å². The molecule has 4 N–H and O–H groups in total. The van der Waals surface area contributed by atoms with Crippen molar-refractivity contribution in [3.8, 4) is 0 Å². The van der Waals surface area contributed by atoms with E-state index in [1.54, 1.807) is 0 Å². The average molecular weight is 706 g/mol. The fourth-order valence-electron chi connectivity index (χ4n) is 5.37. The molecule has 0 aliphatic carbocycles. The fraction of sp³-hybridized carbons (Fsp3) is 0.917. The van der Waals surface area contributed by atoms with Gasteiger partial charge >= 0.3 is 0 Å². The van der Waals surface area contributed by atoms with Crippen molar-refractivity contribution in [1.29, 1.82) is 0 Å². The lowest BCUT2D eigenvalue weighted by molar-refractivity contribution is -0.131. The summed E-state index contributed by atoms with van der Waals surface area (Å²) in [5.41, 5.74) is 0. The lowest BCUT2D eigenvalue weighted by atomic mass is 10.1. The van der Waals surface area contributed by atoms with E-state index in [0.717, 1.165) is 25.7 Å². The molecule has 48 heavy (non-hydrogen) atoms. The topological polar surface area (TPSA) is 160 Å². The van der Waals surface area contributed by atoms with Crippen LogP contribution in [0.2, 0.25) is 0 Å². The summed E-state index contributed by atoms with van der Waals surface area (Å²) >= 11 is 0. The first-order valence-electron chi connectivity index (χ1n) is 19.1. The predicted molar refractivity (Wildman–Crippen MR) is 194 cm³/mol. The maximum absolute atomic E-state index is 12.7. The van der Waals surface area contributed by atoms with Crippen LogP contribution < -0.4 is 16.0 Å².